The fraction of sp³-hybridized carbons (Fsp3) is 0.261. The number of ketones is 1. The summed E-state index contributed by atoms with van der Waals surface area (Å²) in [5.41, 5.74) is 2.02. The van der Waals surface area contributed by atoms with Crippen LogP contribution in [0, 0.1) is 0 Å². The molecule has 29 heavy (non-hydrogen) atoms. The standard InChI is InChI=1S/C23H23N3O3/c27-21(25-12-6-7-13-25)16-26-15-19(18-10-4-5-11-20(18)26)22(28)23(29)24-14-17-8-2-1-3-9-17/h1-5,8-11,15H,6-7,12-14,16H2,(H,24,29). The van der Waals surface area contributed by atoms with Gasteiger partial charge < -0.3 is 14.8 Å². The molecule has 0 aliphatic carbocycles. The number of likely N-dealkylation sites (tertiary alicyclic amines) is 1. The Hall–Kier alpha value is -3.41. The van der Waals surface area contributed by atoms with E-state index in [1.807, 2.05) is 59.5 Å². The minimum atomic E-state index is -0.650. The zero-order valence-corrected chi connectivity index (χ0v) is 16.1. The maximum absolute atomic E-state index is 12.8. The van der Waals surface area contributed by atoms with Crippen LogP contribution in [0.5, 0.6) is 0 Å². The Morgan fingerprint density at radius 3 is 2.34 bits per heavy atom. The summed E-state index contributed by atoms with van der Waals surface area (Å²) in [5, 5.41) is 3.37. The number of carbonyl (C=O) groups excluding carboxylic acids is 3. The molecule has 0 spiro atoms. The second-order valence-corrected chi connectivity index (χ2v) is 7.27. The number of nitrogens with one attached hydrogen (secondary N) is 1. The van der Waals surface area contributed by atoms with Gasteiger partial charge in [-0.3, -0.25) is 14.4 Å². The highest BCUT2D eigenvalue weighted by atomic mass is 16.2. The number of carbonyl (C=O) groups is 3. The van der Waals surface area contributed by atoms with E-state index in [2.05, 4.69) is 5.32 Å². The van der Waals surface area contributed by atoms with Crippen LogP contribution in [0.1, 0.15) is 28.8 Å². The molecule has 148 valence electrons. The Morgan fingerprint density at radius 2 is 1.59 bits per heavy atom. The van der Waals surface area contributed by atoms with E-state index in [9.17, 15) is 14.4 Å². The van der Waals surface area contributed by atoms with Crippen LogP contribution in [-0.2, 0) is 22.7 Å². The Labute approximate surface area is 169 Å². The number of benzene rings is 2. The molecule has 0 bridgehead atoms. The number of nitrogens with zero attached hydrogens (tertiary/aromatic N) is 2. The van der Waals surface area contributed by atoms with E-state index in [0.717, 1.165) is 37.0 Å². The van der Waals surface area contributed by atoms with Gasteiger partial charge in [0.1, 0.15) is 6.54 Å². The molecule has 1 saturated heterocycles. The van der Waals surface area contributed by atoms with E-state index in [4.69, 9.17) is 0 Å². The van der Waals surface area contributed by atoms with Crippen LogP contribution in [0.3, 0.4) is 0 Å². The Balaban J connectivity index is 1.54. The van der Waals surface area contributed by atoms with E-state index in [-0.39, 0.29) is 19.0 Å². The lowest BCUT2D eigenvalue weighted by molar-refractivity contribution is -0.130. The summed E-state index contributed by atoms with van der Waals surface area (Å²) < 4.78 is 1.77. The van der Waals surface area contributed by atoms with Gasteiger partial charge >= 0.3 is 0 Å². The minimum Gasteiger partial charge on any atom is -0.345 e. The highest BCUT2D eigenvalue weighted by molar-refractivity contribution is 6.45. The van der Waals surface area contributed by atoms with Crippen LogP contribution in [0.15, 0.2) is 60.8 Å². The maximum Gasteiger partial charge on any atom is 0.292 e. The molecule has 4 rings (SSSR count). The molecule has 2 amide bonds. The number of para-hydroxylation sites is 1. The summed E-state index contributed by atoms with van der Waals surface area (Å²) in [6.45, 7) is 2.02. The van der Waals surface area contributed by atoms with Crippen molar-refractivity contribution < 1.29 is 14.4 Å². The fourth-order valence-corrected chi connectivity index (χ4v) is 3.75. The summed E-state index contributed by atoms with van der Waals surface area (Å²) in [4.78, 5) is 39.7. The van der Waals surface area contributed by atoms with Gasteiger partial charge in [-0.1, -0.05) is 48.5 Å². The molecule has 0 radical (unpaired) electrons. The van der Waals surface area contributed by atoms with Gasteiger partial charge in [-0.15, -0.1) is 0 Å². The predicted octanol–water partition coefficient (Wildman–Crippen LogP) is 2.76. The molecule has 6 heteroatoms. The molecule has 2 aromatic carbocycles. The molecule has 0 saturated carbocycles. The first-order chi connectivity index (χ1) is 14.1. The molecular weight excluding hydrogens is 366 g/mol. The molecule has 3 aromatic rings. The number of aromatic nitrogens is 1. The van der Waals surface area contributed by atoms with Gasteiger partial charge in [0.2, 0.25) is 5.91 Å². The molecule has 1 aliphatic heterocycles. The summed E-state index contributed by atoms with van der Waals surface area (Å²) in [7, 11) is 0. The summed E-state index contributed by atoms with van der Waals surface area (Å²) in [6, 6.07) is 16.8. The number of amides is 2. The maximum atomic E-state index is 12.8. The van der Waals surface area contributed by atoms with Crippen molar-refractivity contribution in [2.24, 2.45) is 0 Å². The molecular formula is C23H23N3O3. The summed E-state index contributed by atoms with van der Waals surface area (Å²) >= 11 is 0. The van der Waals surface area contributed by atoms with Crippen LogP contribution < -0.4 is 5.32 Å². The minimum absolute atomic E-state index is 0.0378. The normalized spacial score (nSPS) is 13.6. The van der Waals surface area contributed by atoms with Gasteiger partial charge in [-0.25, -0.2) is 0 Å². The van der Waals surface area contributed by atoms with Crippen LogP contribution in [-0.4, -0.2) is 40.2 Å². The van der Waals surface area contributed by atoms with E-state index in [1.165, 1.54) is 0 Å². The zero-order chi connectivity index (χ0) is 20.2. The molecule has 2 heterocycles. The molecule has 1 N–H and O–H groups in total. The quantitative estimate of drug-likeness (QED) is 0.521. The van der Waals surface area contributed by atoms with Crippen molar-refractivity contribution in [1.29, 1.82) is 0 Å². The zero-order valence-electron chi connectivity index (χ0n) is 16.1. The predicted molar refractivity (Wildman–Crippen MR) is 110 cm³/mol. The lowest BCUT2D eigenvalue weighted by atomic mass is 10.1. The van der Waals surface area contributed by atoms with E-state index in [1.54, 1.807) is 10.8 Å². The smallest absolute Gasteiger partial charge is 0.292 e. The van der Waals surface area contributed by atoms with Gasteiger partial charge in [0.05, 0.1) is 5.56 Å². The number of fused-ring (bicyclic) bond motifs is 1. The van der Waals surface area contributed by atoms with Crippen LogP contribution >= 0.6 is 0 Å². The molecule has 0 atom stereocenters. The monoisotopic (exact) mass is 389 g/mol. The van der Waals surface area contributed by atoms with Crippen LogP contribution in [0.2, 0.25) is 0 Å². The third-order valence-electron chi connectivity index (χ3n) is 5.30. The molecule has 1 fully saturated rings. The van der Waals surface area contributed by atoms with Crippen LogP contribution in [0.4, 0.5) is 0 Å². The van der Waals surface area contributed by atoms with Crippen molar-refractivity contribution in [2.75, 3.05) is 13.1 Å². The van der Waals surface area contributed by atoms with Gasteiger partial charge in [-0.2, -0.15) is 0 Å². The first-order valence-electron chi connectivity index (χ1n) is 9.85. The summed E-state index contributed by atoms with van der Waals surface area (Å²) in [5.74, 6) is -1.21. The van der Waals surface area contributed by atoms with Gasteiger partial charge in [0.25, 0.3) is 11.7 Å². The van der Waals surface area contributed by atoms with Crippen molar-refractivity contribution in [3.63, 3.8) is 0 Å². The third-order valence-corrected chi connectivity index (χ3v) is 5.30. The van der Waals surface area contributed by atoms with Gasteiger partial charge in [0.15, 0.2) is 0 Å². The average molecular weight is 389 g/mol. The first-order valence-corrected chi connectivity index (χ1v) is 9.85. The van der Waals surface area contributed by atoms with Crippen molar-refractivity contribution in [3.8, 4) is 0 Å². The average Bonchev–Trinajstić information content (AvgIpc) is 3.41. The molecule has 0 unspecified atom stereocenters. The number of Topliss-reactive ketones (excluding diaryl/α,β-unsaturated/α-hetero) is 1. The lowest BCUT2D eigenvalue weighted by Crippen LogP contribution is -2.31. The Kier molecular flexibility index (Phi) is 5.42. The number of rotatable bonds is 6. The second kappa shape index (κ2) is 8.31. The van der Waals surface area contributed by atoms with Crippen molar-refractivity contribution >= 4 is 28.5 Å². The lowest BCUT2D eigenvalue weighted by Gasteiger charge is -2.15. The number of hydrogen-bond donors (Lipinski definition) is 1. The molecule has 6 nitrogen and oxygen atoms in total. The fourth-order valence-electron chi connectivity index (χ4n) is 3.75. The Morgan fingerprint density at radius 1 is 0.897 bits per heavy atom. The first kappa shape index (κ1) is 18.9. The largest absolute Gasteiger partial charge is 0.345 e. The van der Waals surface area contributed by atoms with E-state index >= 15 is 0 Å². The van der Waals surface area contributed by atoms with Crippen LogP contribution in [0.25, 0.3) is 10.9 Å². The topological polar surface area (TPSA) is 71.4 Å². The SMILES string of the molecule is O=C(NCc1ccccc1)C(=O)c1cn(CC(=O)N2CCCC2)c2ccccc12. The number of hydrogen-bond acceptors (Lipinski definition) is 3. The van der Waals surface area contributed by atoms with Gasteiger partial charge in [0, 0.05) is 36.7 Å². The van der Waals surface area contributed by atoms with E-state index in [0.29, 0.717) is 10.9 Å². The van der Waals surface area contributed by atoms with Crippen molar-refractivity contribution in [2.45, 2.75) is 25.9 Å². The van der Waals surface area contributed by atoms with Crippen molar-refractivity contribution in [1.82, 2.24) is 14.8 Å². The third kappa shape index (κ3) is 4.06. The van der Waals surface area contributed by atoms with E-state index < -0.39 is 11.7 Å². The summed E-state index contributed by atoms with van der Waals surface area (Å²) in [6.07, 6.45) is 3.69. The van der Waals surface area contributed by atoms with Gasteiger partial charge in [-0.05, 0) is 24.5 Å². The second-order valence-electron chi connectivity index (χ2n) is 7.27. The molecule has 1 aromatic heterocycles. The van der Waals surface area contributed by atoms with Crippen molar-refractivity contribution in [3.05, 3.63) is 71.9 Å². The molecule has 1 aliphatic rings. The highest BCUT2D eigenvalue weighted by Gasteiger charge is 2.23. The Bertz CT molecular complexity index is 1050. The highest BCUT2D eigenvalue weighted by Crippen LogP contribution is 2.22.